The van der Waals surface area contributed by atoms with Gasteiger partial charge in [-0.3, -0.25) is 4.79 Å². The van der Waals surface area contributed by atoms with E-state index in [4.69, 9.17) is 27.6 Å². The highest BCUT2D eigenvalue weighted by molar-refractivity contribution is 9.10. The quantitative estimate of drug-likeness (QED) is 0.338. The van der Waals surface area contributed by atoms with Crippen LogP contribution in [-0.2, 0) is 0 Å². The first-order chi connectivity index (χ1) is 11.5. The number of carbonyl (C=O) groups is 1. The summed E-state index contributed by atoms with van der Waals surface area (Å²) in [6.07, 6.45) is 3.11. The van der Waals surface area contributed by atoms with Crippen LogP contribution in [0.4, 0.5) is 0 Å². The summed E-state index contributed by atoms with van der Waals surface area (Å²) >= 11 is 15.6. The highest BCUT2D eigenvalue weighted by atomic mass is 79.9. The maximum atomic E-state index is 12.2. The van der Waals surface area contributed by atoms with Crippen molar-refractivity contribution >= 4 is 51.0 Å². The Hall–Kier alpha value is -1.81. The van der Waals surface area contributed by atoms with Gasteiger partial charge in [0.25, 0.3) is 0 Å². The molecule has 2 nitrogen and oxygen atoms in total. The first kappa shape index (κ1) is 17.0. The molecule has 1 aromatic heterocycles. The zero-order valence-electron chi connectivity index (χ0n) is 12.3. The average molecular weight is 422 g/mol. The van der Waals surface area contributed by atoms with Gasteiger partial charge < -0.3 is 4.42 Å². The van der Waals surface area contributed by atoms with Crippen molar-refractivity contribution in [1.82, 2.24) is 0 Å². The Morgan fingerprint density at radius 2 is 1.83 bits per heavy atom. The van der Waals surface area contributed by atoms with E-state index in [-0.39, 0.29) is 5.78 Å². The molecule has 5 heteroatoms. The molecule has 1 heterocycles. The fourth-order valence-corrected chi connectivity index (χ4v) is 2.97. The molecule has 0 aliphatic carbocycles. The van der Waals surface area contributed by atoms with Crippen molar-refractivity contribution in [3.05, 3.63) is 86.5 Å². The Balaban J connectivity index is 1.81. The molecule has 0 saturated heterocycles. The molecule has 0 N–H and O–H groups in total. The fourth-order valence-electron chi connectivity index (χ4n) is 2.18. The van der Waals surface area contributed by atoms with E-state index in [1.165, 1.54) is 6.08 Å². The maximum Gasteiger partial charge on any atom is 0.186 e. The Morgan fingerprint density at radius 3 is 2.62 bits per heavy atom. The Kier molecular flexibility index (Phi) is 5.24. The molecule has 0 amide bonds. The van der Waals surface area contributed by atoms with Crippen molar-refractivity contribution in [3.63, 3.8) is 0 Å². The van der Waals surface area contributed by atoms with Gasteiger partial charge in [-0.25, -0.2) is 0 Å². The normalized spacial score (nSPS) is 11.1. The van der Waals surface area contributed by atoms with Gasteiger partial charge in [0, 0.05) is 15.6 Å². The molecular formula is C19H11BrCl2O2. The summed E-state index contributed by atoms with van der Waals surface area (Å²) < 4.78 is 6.58. The Bertz CT molecular complexity index is 929. The minimum Gasteiger partial charge on any atom is -0.457 e. The van der Waals surface area contributed by atoms with Crippen molar-refractivity contribution < 1.29 is 9.21 Å². The number of allylic oxidation sites excluding steroid dienone is 1. The molecule has 24 heavy (non-hydrogen) atoms. The summed E-state index contributed by atoms with van der Waals surface area (Å²) in [5, 5.41) is 0.904. The van der Waals surface area contributed by atoms with Gasteiger partial charge in [-0.05, 0) is 48.6 Å². The number of hydrogen-bond donors (Lipinski definition) is 0. The van der Waals surface area contributed by atoms with Crippen LogP contribution in [0.2, 0.25) is 10.0 Å². The van der Waals surface area contributed by atoms with E-state index in [0.29, 0.717) is 32.7 Å². The number of rotatable bonds is 4. The minimum absolute atomic E-state index is 0.102. The molecule has 0 bridgehead atoms. The van der Waals surface area contributed by atoms with E-state index in [0.717, 1.165) is 4.47 Å². The van der Waals surface area contributed by atoms with E-state index < -0.39 is 0 Å². The van der Waals surface area contributed by atoms with E-state index in [2.05, 4.69) is 15.9 Å². The van der Waals surface area contributed by atoms with Crippen LogP contribution >= 0.6 is 39.1 Å². The predicted molar refractivity (Wildman–Crippen MR) is 102 cm³/mol. The molecule has 120 valence electrons. The van der Waals surface area contributed by atoms with Crippen LogP contribution in [0.5, 0.6) is 0 Å². The molecule has 0 aliphatic rings. The minimum atomic E-state index is -0.102. The molecule has 0 spiro atoms. The van der Waals surface area contributed by atoms with Crippen molar-refractivity contribution in [2.24, 2.45) is 0 Å². The van der Waals surface area contributed by atoms with Gasteiger partial charge in [0.05, 0.1) is 10.0 Å². The largest absolute Gasteiger partial charge is 0.457 e. The zero-order chi connectivity index (χ0) is 17.1. The molecule has 3 rings (SSSR count). The van der Waals surface area contributed by atoms with E-state index in [1.54, 1.807) is 42.5 Å². The monoisotopic (exact) mass is 420 g/mol. The zero-order valence-corrected chi connectivity index (χ0v) is 15.4. The Morgan fingerprint density at radius 1 is 1.04 bits per heavy atom. The van der Waals surface area contributed by atoms with Crippen LogP contribution in [-0.4, -0.2) is 5.78 Å². The molecule has 0 aliphatic heterocycles. The van der Waals surface area contributed by atoms with Gasteiger partial charge >= 0.3 is 0 Å². The number of halogens is 3. The number of furan rings is 1. The van der Waals surface area contributed by atoms with Gasteiger partial charge in [0.2, 0.25) is 0 Å². The predicted octanol–water partition coefficient (Wildman–Crippen LogP) is 6.91. The third-order valence-corrected chi connectivity index (χ3v) is 4.66. The summed E-state index contributed by atoms with van der Waals surface area (Å²) in [7, 11) is 0. The highest BCUT2D eigenvalue weighted by Gasteiger charge is 2.10. The second-order valence-electron chi connectivity index (χ2n) is 5.01. The van der Waals surface area contributed by atoms with Crippen LogP contribution in [0.25, 0.3) is 17.4 Å². The number of ketones is 1. The first-order valence-electron chi connectivity index (χ1n) is 7.07. The van der Waals surface area contributed by atoms with Crippen molar-refractivity contribution in [3.8, 4) is 11.3 Å². The molecule has 0 radical (unpaired) electrons. The van der Waals surface area contributed by atoms with Gasteiger partial charge in [0.1, 0.15) is 11.5 Å². The summed E-state index contributed by atoms with van der Waals surface area (Å²) in [6, 6.07) is 16.1. The van der Waals surface area contributed by atoms with Crippen molar-refractivity contribution in [1.29, 1.82) is 0 Å². The lowest BCUT2D eigenvalue weighted by Crippen LogP contribution is -1.93. The maximum absolute atomic E-state index is 12.2. The lowest BCUT2D eigenvalue weighted by atomic mass is 10.1. The van der Waals surface area contributed by atoms with Gasteiger partial charge in [-0.1, -0.05) is 57.3 Å². The van der Waals surface area contributed by atoms with Crippen LogP contribution in [0.3, 0.4) is 0 Å². The third kappa shape index (κ3) is 3.81. The first-order valence-corrected chi connectivity index (χ1v) is 8.61. The van der Waals surface area contributed by atoms with E-state index in [9.17, 15) is 4.79 Å². The second kappa shape index (κ2) is 7.39. The average Bonchev–Trinajstić information content (AvgIpc) is 3.04. The third-order valence-electron chi connectivity index (χ3n) is 3.35. The second-order valence-corrected chi connectivity index (χ2v) is 6.71. The number of carbonyl (C=O) groups excluding carboxylic acids is 1. The molecule has 0 saturated carbocycles. The lowest BCUT2D eigenvalue weighted by Gasteiger charge is -2.01. The topological polar surface area (TPSA) is 30.2 Å². The summed E-state index contributed by atoms with van der Waals surface area (Å²) in [4.78, 5) is 12.2. The van der Waals surface area contributed by atoms with Gasteiger partial charge in [-0.15, -0.1) is 0 Å². The molecule has 0 atom stereocenters. The van der Waals surface area contributed by atoms with Gasteiger partial charge in [0.15, 0.2) is 5.78 Å². The fraction of sp³-hybridized carbons (Fsp3) is 0. The Labute approximate surface area is 157 Å². The highest BCUT2D eigenvalue weighted by Crippen LogP contribution is 2.34. The molecule has 3 aromatic rings. The van der Waals surface area contributed by atoms with Crippen LogP contribution in [0.1, 0.15) is 16.1 Å². The SMILES string of the molecule is O=C(C=Cc1ccc(-c2cccc(Cl)c2Cl)o1)c1cccc(Br)c1. The standard InChI is InChI=1S/C19H11BrCl2O2/c20-13-4-1-3-12(11-13)17(23)9-7-14-8-10-18(24-14)15-5-2-6-16(21)19(15)22/h1-11H. The lowest BCUT2D eigenvalue weighted by molar-refractivity contribution is 0.104. The number of benzene rings is 2. The summed E-state index contributed by atoms with van der Waals surface area (Å²) in [5.41, 5.74) is 1.31. The van der Waals surface area contributed by atoms with E-state index in [1.807, 2.05) is 18.2 Å². The van der Waals surface area contributed by atoms with Crippen LogP contribution in [0, 0.1) is 0 Å². The summed E-state index contributed by atoms with van der Waals surface area (Å²) in [5.74, 6) is 1.05. The molecule has 0 unspecified atom stereocenters. The molecule has 0 fully saturated rings. The molecule has 2 aromatic carbocycles. The van der Waals surface area contributed by atoms with Crippen molar-refractivity contribution in [2.45, 2.75) is 0 Å². The smallest absolute Gasteiger partial charge is 0.186 e. The van der Waals surface area contributed by atoms with Crippen LogP contribution < -0.4 is 0 Å². The van der Waals surface area contributed by atoms with Crippen molar-refractivity contribution in [2.75, 3.05) is 0 Å². The van der Waals surface area contributed by atoms with E-state index >= 15 is 0 Å². The van der Waals surface area contributed by atoms with Crippen LogP contribution in [0.15, 0.2) is 69.6 Å². The molecular weight excluding hydrogens is 411 g/mol. The number of hydrogen-bond acceptors (Lipinski definition) is 2. The van der Waals surface area contributed by atoms with Gasteiger partial charge in [-0.2, -0.15) is 0 Å². The summed E-state index contributed by atoms with van der Waals surface area (Å²) in [6.45, 7) is 0.